The van der Waals surface area contributed by atoms with Crippen molar-refractivity contribution in [1.29, 1.82) is 0 Å². The number of rotatable bonds is 11. The molecule has 4 heterocycles. The zero-order chi connectivity index (χ0) is 28.6. The number of carbonyl (C=O) groups is 1. The standard InChI is InChI=1S/C28H32N6O6S/c1-3-39-28(36)34-22(24-5-4-14-41-24)16-21(32-34)17-25-29-26(33-9-12-38-13-10-33)31-27(30-25)40-11-8-19-6-7-20(18-35)23(15-19)37-2/h4-7,14-16,35H,3,8-13,17-18H2,1-2H3. The van der Waals surface area contributed by atoms with Crippen LogP contribution in [0.25, 0.3) is 10.6 Å². The first-order chi connectivity index (χ1) is 20.1. The predicted molar refractivity (Wildman–Crippen MR) is 152 cm³/mol. The van der Waals surface area contributed by atoms with Crippen molar-refractivity contribution in [2.75, 3.05) is 51.5 Å². The lowest BCUT2D eigenvalue weighted by Crippen LogP contribution is -2.37. The molecule has 1 aromatic carbocycles. The molecule has 5 rings (SSSR count). The fourth-order valence-electron chi connectivity index (χ4n) is 4.37. The van der Waals surface area contributed by atoms with Gasteiger partial charge in [0.25, 0.3) is 0 Å². The quantitative estimate of drug-likeness (QED) is 0.280. The Hall–Kier alpha value is -4.07. The summed E-state index contributed by atoms with van der Waals surface area (Å²) in [4.78, 5) is 29.4. The van der Waals surface area contributed by atoms with Gasteiger partial charge in [0.15, 0.2) is 0 Å². The SMILES string of the molecule is CCOC(=O)n1nc(Cc2nc(OCCc3ccc(CO)c(OC)c3)nc(N3CCOCC3)n2)cc1-c1cccs1. The van der Waals surface area contributed by atoms with E-state index in [2.05, 4.69) is 15.1 Å². The Morgan fingerprint density at radius 2 is 2.00 bits per heavy atom. The number of morpholine rings is 1. The second-order valence-electron chi connectivity index (χ2n) is 9.12. The van der Waals surface area contributed by atoms with Crippen molar-refractivity contribution >= 4 is 23.4 Å². The van der Waals surface area contributed by atoms with E-state index in [1.165, 1.54) is 16.0 Å². The summed E-state index contributed by atoms with van der Waals surface area (Å²) in [5.41, 5.74) is 2.98. The zero-order valence-electron chi connectivity index (χ0n) is 23.0. The summed E-state index contributed by atoms with van der Waals surface area (Å²) >= 11 is 1.51. The third-order valence-electron chi connectivity index (χ3n) is 6.40. The molecule has 12 nitrogen and oxygen atoms in total. The summed E-state index contributed by atoms with van der Waals surface area (Å²) in [5, 5.41) is 16.0. The van der Waals surface area contributed by atoms with Crippen LogP contribution < -0.4 is 14.4 Å². The fraction of sp³-hybridized carbons (Fsp3) is 0.393. The number of anilines is 1. The van der Waals surface area contributed by atoms with Crippen LogP contribution in [-0.2, 0) is 28.9 Å². The molecule has 0 saturated carbocycles. The van der Waals surface area contributed by atoms with Gasteiger partial charge < -0.3 is 29.0 Å². The monoisotopic (exact) mass is 580 g/mol. The van der Waals surface area contributed by atoms with Crippen LogP contribution in [0.1, 0.15) is 29.6 Å². The van der Waals surface area contributed by atoms with Crippen LogP contribution in [0.15, 0.2) is 41.8 Å². The average molecular weight is 581 g/mol. The summed E-state index contributed by atoms with van der Waals surface area (Å²) in [5.74, 6) is 1.61. The van der Waals surface area contributed by atoms with Gasteiger partial charge in [0, 0.05) is 25.1 Å². The molecule has 0 aliphatic carbocycles. The molecule has 0 unspecified atom stereocenters. The van der Waals surface area contributed by atoms with Crippen molar-refractivity contribution in [3.05, 3.63) is 64.4 Å². The lowest BCUT2D eigenvalue weighted by atomic mass is 10.1. The van der Waals surface area contributed by atoms with Gasteiger partial charge in [0.05, 0.1) is 62.8 Å². The van der Waals surface area contributed by atoms with E-state index in [1.54, 1.807) is 14.0 Å². The van der Waals surface area contributed by atoms with Gasteiger partial charge in [-0.2, -0.15) is 24.7 Å². The minimum Gasteiger partial charge on any atom is -0.496 e. The van der Waals surface area contributed by atoms with Crippen molar-refractivity contribution in [1.82, 2.24) is 24.7 Å². The van der Waals surface area contributed by atoms with E-state index in [1.807, 2.05) is 46.7 Å². The number of carbonyl (C=O) groups excluding carboxylic acids is 1. The Balaban J connectivity index is 1.38. The molecule has 1 fully saturated rings. The second-order valence-corrected chi connectivity index (χ2v) is 10.1. The van der Waals surface area contributed by atoms with Crippen LogP contribution >= 0.6 is 11.3 Å². The normalized spacial score (nSPS) is 13.3. The van der Waals surface area contributed by atoms with Crippen LogP contribution in [0.2, 0.25) is 0 Å². The van der Waals surface area contributed by atoms with Crippen LogP contribution in [-0.4, -0.2) is 82.6 Å². The topological polar surface area (TPSA) is 134 Å². The summed E-state index contributed by atoms with van der Waals surface area (Å²) < 4.78 is 23.4. The van der Waals surface area contributed by atoms with Gasteiger partial charge in [-0.1, -0.05) is 18.2 Å². The molecule has 0 amide bonds. The summed E-state index contributed by atoms with van der Waals surface area (Å²) in [6, 6.07) is 11.6. The molecule has 41 heavy (non-hydrogen) atoms. The van der Waals surface area contributed by atoms with Gasteiger partial charge in [-0.25, -0.2) is 4.79 Å². The Kier molecular flexibility index (Phi) is 9.39. The lowest BCUT2D eigenvalue weighted by Gasteiger charge is -2.27. The van der Waals surface area contributed by atoms with Crippen LogP contribution in [0.3, 0.4) is 0 Å². The number of hydrogen-bond acceptors (Lipinski definition) is 12. The van der Waals surface area contributed by atoms with E-state index >= 15 is 0 Å². The third kappa shape index (κ3) is 6.99. The third-order valence-corrected chi connectivity index (χ3v) is 7.29. The molecule has 1 saturated heterocycles. The maximum absolute atomic E-state index is 12.6. The number of hydrogen-bond donors (Lipinski definition) is 1. The number of methoxy groups -OCH3 is 1. The van der Waals surface area contributed by atoms with Gasteiger partial charge in [-0.05, 0) is 36.1 Å². The molecular formula is C28H32N6O6S. The van der Waals surface area contributed by atoms with Crippen molar-refractivity contribution in [2.24, 2.45) is 0 Å². The van der Waals surface area contributed by atoms with Gasteiger partial charge in [-0.3, -0.25) is 0 Å². The van der Waals surface area contributed by atoms with E-state index < -0.39 is 6.09 Å². The van der Waals surface area contributed by atoms with Crippen molar-refractivity contribution < 1.29 is 28.8 Å². The fourth-order valence-corrected chi connectivity index (χ4v) is 5.10. The smallest absolute Gasteiger partial charge is 0.435 e. The van der Waals surface area contributed by atoms with Crippen LogP contribution in [0.5, 0.6) is 11.8 Å². The molecule has 13 heteroatoms. The Morgan fingerprint density at radius 3 is 2.73 bits per heavy atom. The Labute approximate surface area is 241 Å². The van der Waals surface area contributed by atoms with Crippen LogP contribution in [0.4, 0.5) is 10.7 Å². The highest BCUT2D eigenvalue weighted by Gasteiger charge is 2.21. The second kappa shape index (κ2) is 13.5. The summed E-state index contributed by atoms with van der Waals surface area (Å²) in [7, 11) is 1.58. The van der Waals surface area contributed by atoms with Gasteiger partial charge >= 0.3 is 12.1 Å². The van der Waals surface area contributed by atoms with E-state index in [0.717, 1.165) is 16.0 Å². The number of aliphatic hydroxyl groups is 1. The van der Waals surface area contributed by atoms with Gasteiger partial charge in [0.1, 0.15) is 11.6 Å². The highest BCUT2D eigenvalue weighted by atomic mass is 32.1. The van der Waals surface area contributed by atoms with Crippen molar-refractivity contribution in [3.8, 4) is 22.3 Å². The van der Waals surface area contributed by atoms with Gasteiger partial charge in [0.2, 0.25) is 5.95 Å². The number of nitrogens with zero attached hydrogens (tertiary/aromatic N) is 6. The van der Waals surface area contributed by atoms with Gasteiger partial charge in [-0.15, -0.1) is 11.3 Å². The first-order valence-electron chi connectivity index (χ1n) is 13.3. The summed E-state index contributed by atoms with van der Waals surface area (Å²) in [6.07, 6.45) is 0.310. The first kappa shape index (κ1) is 28.5. The number of aromatic nitrogens is 5. The molecule has 0 radical (unpaired) electrons. The number of thiophene rings is 1. The molecule has 0 spiro atoms. The molecule has 3 aromatic heterocycles. The molecule has 4 aromatic rings. The van der Waals surface area contributed by atoms with E-state index in [4.69, 9.17) is 23.9 Å². The van der Waals surface area contributed by atoms with Crippen LogP contribution in [0, 0.1) is 0 Å². The first-order valence-corrected chi connectivity index (χ1v) is 14.2. The molecule has 1 N–H and O–H groups in total. The van der Waals surface area contributed by atoms with Crippen molar-refractivity contribution in [2.45, 2.75) is 26.4 Å². The van der Waals surface area contributed by atoms with E-state index in [-0.39, 0.29) is 25.6 Å². The molecular weight excluding hydrogens is 548 g/mol. The minimum atomic E-state index is -0.542. The number of ether oxygens (including phenoxy) is 4. The van der Waals surface area contributed by atoms with E-state index in [9.17, 15) is 9.90 Å². The molecule has 0 bridgehead atoms. The maximum atomic E-state index is 12.6. The zero-order valence-corrected chi connectivity index (χ0v) is 23.8. The van der Waals surface area contributed by atoms with Crippen molar-refractivity contribution in [3.63, 3.8) is 0 Å². The average Bonchev–Trinajstić information content (AvgIpc) is 3.68. The number of benzene rings is 1. The molecule has 1 aliphatic heterocycles. The molecule has 216 valence electrons. The lowest BCUT2D eigenvalue weighted by molar-refractivity contribution is 0.122. The molecule has 1 aliphatic rings. The highest BCUT2D eigenvalue weighted by Crippen LogP contribution is 2.27. The summed E-state index contributed by atoms with van der Waals surface area (Å²) in [6.45, 7) is 4.70. The highest BCUT2D eigenvalue weighted by molar-refractivity contribution is 7.13. The minimum absolute atomic E-state index is 0.0925. The van der Waals surface area contributed by atoms with E-state index in [0.29, 0.717) is 68.2 Å². The molecule has 0 atom stereocenters. The largest absolute Gasteiger partial charge is 0.496 e. The Bertz CT molecular complexity index is 1450. The maximum Gasteiger partial charge on any atom is 0.435 e. The Morgan fingerprint density at radius 1 is 1.15 bits per heavy atom. The predicted octanol–water partition coefficient (Wildman–Crippen LogP) is 3.35. The number of aliphatic hydroxyl groups excluding tert-OH is 1.